The van der Waals surface area contributed by atoms with E-state index in [1.54, 1.807) is 0 Å². The Morgan fingerprint density at radius 3 is 1.90 bits per heavy atom. The van der Waals surface area contributed by atoms with Gasteiger partial charge in [-0.25, -0.2) is 9.52 Å². The van der Waals surface area contributed by atoms with Gasteiger partial charge in [-0.05, 0) is 12.1 Å². The highest BCUT2D eigenvalue weighted by atomic mass is 32.2. The van der Waals surface area contributed by atoms with Gasteiger partial charge >= 0.3 is 38.5 Å². The third kappa shape index (κ3) is 6.92. The van der Waals surface area contributed by atoms with E-state index < -0.39 is 38.0 Å². The average Bonchev–Trinajstić information content (AvgIpc) is 2.60. The summed E-state index contributed by atoms with van der Waals surface area (Å²) in [5.74, 6) is -1.24. The maximum absolute atomic E-state index is 12.1. The van der Waals surface area contributed by atoms with E-state index in [1.165, 1.54) is 31.1 Å². The van der Waals surface area contributed by atoms with Crippen LogP contribution in [0.1, 0.15) is 0 Å². The van der Waals surface area contributed by atoms with Crippen molar-refractivity contribution in [2.45, 2.75) is 0 Å². The summed E-state index contributed by atoms with van der Waals surface area (Å²) in [5, 5.41) is 2.03. The number of hydrogen-bond acceptors (Lipinski definition) is 12. The Labute approximate surface area is 165 Å². The van der Waals surface area contributed by atoms with Crippen LogP contribution in [0.25, 0.3) is 0 Å². The lowest BCUT2D eigenvalue weighted by Gasteiger charge is -2.12. The summed E-state index contributed by atoms with van der Waals surface area (Å²) in [7, 11) is -6.17. The van der Waals surface area contributed by atoms with Crippen molar-refractivity contribution < 1.29 is 39.5 Å². The minimum Gasteiger partial charge on any atom is -0.467 e. The smallest absolute Gasteiger partial charge is 0.411 e. The van der Waals surface area contributed by atoms with Crippen LogP contribution in [0.3, 0.4) is 0 Å². The number of amides is 2. The van der Waals surface area contributed by atoms with Crippen molar-refractivity contribution in [1.29, 1.82) is 0 Å². The molecule has 0 unspecified atom stereocenters. The molecule has 1 heterocycles. The number of nitrogens with one attached hydrogen (secondary N) is 2. The first-order valence-electron chi connectivity index (χ1n) is 7.37. The molecule has 2 N–H and O–H groups in total. The number of rotatable bonds is 8. The van der Waals surface area contributed by atoms with Gasteiger partial charge in [0.05, 0.1) is 20.5 Å². The van der Waals surface area contributed by atoms with Crippen LogP contribution in [0.4, 0.5) is 10.7 Å². The van der Waals surface area contributed by atoms with Crippen LogP contribution in [0, 0.1) is 0 Å². The quantitative estimate of drug-likeness (QED) is 0.501. The first kappa shape index (κ1) is 21.9. The molecule has 2 rings (SSSR count). The molecule has 0 bridgehead atoms. The van der Waals surface area contributed by atoms with Crippen LogP contribution < -0.4 is 27.9 Å². The lowest BCUT2D eigenvalue weighted by molar-refractivity contribution is 0.255. The highest BCUT2D eigenvalue weighted by molar-refractivity contribution is 7.86. The third-order valence-electron chi connectivity index (χ3n) is 2.69. The maximum Gasteiger partial charge on any atom is 0.411 e. The summed E-state index contributed by atoms with van der Waals surface area (Å²) in [6, 6.07) is 3.36. The predicted octanol–water partition coefficient (Wildman–Crippen LogP) is -0.328. The van der Waals surface area contributed by atoms with Crippen LogP contribution in [0.5, 0.6) is 23.5 Å². The molecule has 0 saturated heterocycles. The fourth-order valence-electron chi connectivity index (χ4n) is 1.71. The number of carbonyl (C=O) groups excluding carboxylic acids is 1. The fraction of sp³-hybridized carbons (Fsp3) is 0.231. The van der Waals surface area contributed by atoms with Gasteiger partial charge in [0, 0.05) is 0 Å². The molecule has 0 saturated carbocycles. The van der Waals surface area contributed by atoms with Gasteiger partial charge in [0.25, 0.3) is 0 Å². The molecule has 0 fully saturated rings. The minimum absolute atomic E-state index is 0.196. The molecule has 16 heteroatoms. The summed E-state index contributed by atoms with van der Waals surface area (Å²) in [6.45, 7) is 0. The second-order valence-electron chi connectivity index (χ2n) is 4.96. The zero-order valence-corrected chi connectivity index (χ0v) is 16.8. The van der Waals surface area contributed by atoms with Gasteiger partial charge in [-0.1, -0.05) is 12.1 Å². The average molecular weight is 449 g/mol. The number of para-hydroxylation sites is 2. The molecule has 2 amide bonds. The van der Waals surface area contributed by atoms with E-state index in [0.717, 1.165) is 18.4 Å². The Morgan fingerprint density at radius 2 is 1.41 bits per heavy atom. The van der Waals surface area contributed by atoms with Gasteiger partial charge in [0.2, 0.25) is 5.95 Å². The molecule has 2 aromatic rings. The lowest BCUT2D eigenvalue weighted by atomic mass is 10.3. The SMILES string of the molecule is COc1nc(NC(=O)NS(=O)(=O)Oc2ccccc2OS(C)(=O)=O)nc(OC)n1. The molecule has 0 spiro atoms. The molecule has 14 nitrogen and oxygen atoms in total. The van der Waals surface area contributed by atoms with Crippen molar-refractivity contribution in [1.82, 2.24) is 19.7 Å². The van der Waals surface area contributed by atoms with E-state index in [1.807, 2.05) is 5.32 Å². The molecular formula is C13H15N5O9S2. The van der Waals surface area contributed by atoms with Crippen LogP contribution in [-0.4, -0.2) is 58.3 Å². The van der Waals surface area contributed by atoms with Gasteiger partial charge in [-0.2, -0.15) is 26.8 Å². The second-order valence-corrected chi connectivity index (χ2v) is 7.81. The standard InChI is InChI=1S/C13H15N5O9S2/c1-24-12-15-10(16-13(17-12)25-2)14-11(19)18-29(22,23)27-9-7-5-4-6-8(9)26-28(3,20)21/h4-7H,1-3H3,(H2,14,15,16,17,18,19). The number of urea groups is 1. The van der Waals surface area contributed by atoms with Crippen LogP contribution >= 0.6 is 0 Å². The minimum atomic E-state index is -4.73. The molecule has 29 heavy (non-hydrogen) atoms. The van der Waals surface area contributed by atoms with Crippen molar-refractivity contribution in [3.8, 4) is 23.5 Å². The van der Waals surface area contributed by atoms with Gasteiger partial charge in [-0.15, -0.1) is 4.98 Å². The van der Waals surface area contributed by atoms with Crippen molar-refractivity contribution in [2.75, 3.05) is 25.8 Å². The van der Waals surface area contributed by atoms with E-state index in [9.17, 15) is 21.6 Å². The molecule has 0 aliphatic heterocycles. The highest BCUT2D eigenvalue weighted by Gasteiger charge is 2.21. The van der Waals surface area contributed by atoms with Gasteiger partial charge in [0.1, 0.15) is 0 Å². The number of ether oxygens (including phenoxy) is 2. The van der Waals surface area contributed by atoms with Crippen LogP contribution in [-0.2, 0) is 20.4 Å². The van der Waals surface area contributed by atoms with Gasteiger partial charge in [-0.3, -0.25) is 5.32 Å². The Bertz CT molecular complexity index is 1080. The molecule has 158 valence electrons. The number of carbonyl (C=O) groups is 1. The normalized spacial score (nSPS) is 11.3. The van der Waals surface area contributed by atoms with E-state index in [4.69, 9.17) is 9.47 Å². The van der Waals surface area contributed by atoms with E-state index in [-0.39, 0.29) is 18.0 Å². The summed E-state index contributed by atoms with van der Waals surface area (Å²) >= 11 is 0. The van der Waals surface area contributed by atoms with Crippen LogP contribution in [0.15, 0.2) is 24.3 Å². The highest BCUT2D eigenvalue weighted by Crippen LogP contribution is 2.28. The van der Waals surface area contributed by atoms with Gasteiger partial charge in [0.15, 0.2) is 11.5 Å². The number of hydrogen-bond donors (Lipinski definition) is 2. The Morgan fingerprint density at radius 1 is 0.897 bits per heavy atom. The van der Waals surface area contributed by atoms with Crippen molar-refractivity contribution in [3.05, 3.63) is 24.3 Å². The summed E-state index contributed by atoms with van der Waals surface area (Å²) < 4.78 is 67.1. The van der Waals surface area contributed by atoms with Crippen LogP contribution in [0.2, 0.25) is 0 Å². The number of methoxy groups -OCH3 is 2. The lowest BCUT2D eigenvalue weighted by Crippen LogP contribution is -2.37. The molecule has 1 aromatic carbocycles. The molecule has 0 atom stereocenters. The monoisotopic (exact) mass is 449 g/mol. The summed E-state index contributed by atoms with van der Waals surface area (Å²) in [6.07, 6.45) is 0.765. The van der Waals surface area contributed by atoms with Crippen molar-refractivity contribution >= 4 is 32.4 Å². The number of aromatic nitrogens is 3. The molecule has 0 radical (unpaired) electrons. The summed E-state index contributed by atoms with van der Waals surface area (Å²) in [4.78, 5) is 23.0. The number of anilines is 1. The number of nitrogens with zero attached hydrogens (tertiary/aromatic N) is 3. The first-order valence-corrected chi connectivity index (χ1v) is 10.6. The molecular weight excluding hydrogens is 434 g/mol. The zero-order chi connectivity index (χ0) is 21.7. The summed E-state index contributed by atoms with van der Waals surface area (Å²) in [5.41, 5.74) is 0. The second kappa shape index (κ2) is 8.74. The van der Waals surface area contributed by atoms with E-state index >= 15 is 0 Å². The maximum atomic E-state index is 12.1. The zero-order valence-electron chi connectivity index (χ0n) is 15.1. The Hall–Kier alpha value is -3.40. The predicted molar refractivity (Wildman–Crippen MR) is 96.5 cm³/mol. The van der Waals surface area contributed by atoms with Gasteiger partial charge < -0.3 is 17.8 Å². The first-order chi connectivity index (χ1) is 13.5. The third-order valence-corrected chi connectivity index (χ3v) is 4.01. The fourth-order valence-corrected chi connectivity index (χ4v) is 2.86. The largest absolute Gasteiger partial charge is 0.467 e. The Balaban J connectivity index is 2.13. The van der Waals surface area contributed by atoms with Crippen molar-refractivity contribution in [2.24, 2.45) is 0 Å². The number of benzene rings is 1. The van der Waals surface area contributed by atoms with Crippen molar-refractivity contribution in [3.63, 3.8) is 0 Å². The molecule has 0 aliphatic rings. The molecule has 0 aliphatic carbocycles. The van der Waals surface area contributed by atoms with E-state index in [0.29, 0.717) is 0 Å². The molecule has 1 aromatic heterocycles. The van der Waals surface area contributed by atoms with E-state index in [2.05, 4.69) is 23.3 Å². The Kier molecular flexibility index (Phi) is 6.60. The topological polar surface area (TPSA) is 185 Å².